The summed E-state index contributed by atoms with van der Waals surface area (Å²) >= 11 is 0. The molecule has 2 amide bonds. The normalized spacial score (nSPS) is 17.4. The van der Waals surface area contributed by atoms with Crippen molar-refractivity contribution in [2.75, 3.05) is 28.2 Å². The fourth-order valence-electron chi connectivity index (χ4n) is 3.90. The predicted octanol–water partition coefficient (Wildman–Crippen LogP) is 3.48. The molecule has 28 heavy (non-hydrogen) atoms. The first kappa shape index (κ1) is 16.6. The third-order valence-corrected chi connectivity index (χ3v) is 5.21. The Balaban J connectivity index is 1.54. The zero-order chi connectivity index (χ0) is 19.1. The molecule has 2 aliphatic heterocycles. The number of nitrogens with zero attached hydrogens (tertiary/aromatic N) is 4. The van der Waals surface area contributed by atoms with E-state index in [1.165, 1.54) is 0 Å². The quantitative estimate of drug-likeness (QED) is 0.719. The Bertz CT molecular complexity index is 1040. The molecule has 1 saturated heterocycles. The van der Waals surface area contributed by atoms with Crippen molar-refractivity contribution in [1.29, 1.82) is 0 Å². The number of hydrogen-bond donors (Lipinski definition) is 2. The van der Waals surface area contributed by atoms with Gasteiger partial charge in [-0.05, 0) is 42.8 Å². The molecule has 0 radical (unpaired) electrons. The molecule has 7 heteroatoms. The number of benzene rings is 1. The Labute approximate surface area is 162 Å². The number of fused-ring (bicyclic) bond motifs is 4. The standard InChI is InChI=1S/C21H19N5O2/c27-16-5-3-4-14(12-16)17-7-8-18-20(23-17)26(15-9-11-25(18)13-15)21(28)24-19-6-1-2-10-22-19/h1-8,10,12,15,27H,9,11,13H2,(H,22,24,28). The van der Waals surface area contributed by atoms with Crippen LogP contribution in [-0.2, 0) is 0 Å². The molecule has 0 aliphatic carbocycles. The molecular weight excluding hydrogens is 354 g/mol. The van der Waals surface area contributed by atoms with Crippen LogP contribution in [0.15, 0.2) is 60.8 Å². The minimum absolute atomic E-state index is 0.0724. The van der Waals surface area contributed by atoms with Crippen LogP contribution in [0.5, 0.6) is 5.75 Å². The highest BCUT2D eigenvalue weighted by Crippen LogP contribution is 2.40. The molecule has 2 N–H and O–H groups in total. The van der Waals surface area contributed by atoms with E-state index in [0.717, 1.165) is 30.8 Å². The zero-order valence-corrected chi connectivity index (χ0v) is 15.1. The van der Waals surface area contributed by atoms with Crippen molar-refractivity contribution in [3.63, 3.8) is 0 Å². The lowest BCUT2D eigenvalue weighted by Crippen LogP contribution is -2.48. The van der Waals surface area contributed by atoms with Crippen LogP contribution in [0.25, 0.3) is 11.3 Å². The Kier molecular flexibility index (Phi) is 3.86. The van der Waals surface area contributed by atoms with Crippen LogP contribution in [0.3, 0.4) is 0 Å². The van der Waals surface area contributed by atoms with E-state index in [-0.39, 0.29) is 17.8 Å². The van der Waals surface area contributed by atoms with E-state index in [9.17, 15) is 9.90 Å². The number of carbonyl (C=O) groups excluding carboxylic acids is 1. The molecule has 1 aromatic carbocycles. The first-order chi connectivity index (χ1) is 13.7. The fourth-order valence-corrected chi connectivity index (χ4v) is 3.90. The molecular formula is C21H19N5O2. The van der Waals surface area contributed by atoms with E-state index in [4.69, 9.17) is 4.98 Å². The highest BCUT2D eigenvalue weighted by molar-refractivity contribution is 6.04. The highest BCUT2D eigenvalue weighted by Gasteiger charge is 2.40. The number of nitrogens with one attached hydrogen (secondary N) is 1. The number of aromatic nitrogens is 2. The summed E-state index contributed by atoms with van der Waals surface area (Å²) in [5, 5.41) is 12.7. The van der Waals surface area contributed by atoms with Crippen molar-refractivity contribution in [2.24, 2.45) is 0 Å². The molecule has 0 spiro atoms. The summed E-state index contributed by atoms with van der Waals surface area (Å²) in [6, 6.07) is 16.2. The van der Waals surface area contributed by atoms with Crippen LogP contribution >= 0.6 is 0 Å². The maximum atomic E-state index is 13.1. The smallest absolute Gasteiger partial charge is 0.329 e. The maximum Gasteiger partial charge on any atom is 0.329 e. The maximum absolute atomic E-state index is 13.1. The predicted molar refractivity (Wildman–Crippen MR) is 108 cm³/mol. The van der Waals surface area contributed by atoms with Crippen molar-refractivity contribution in [1.82, 2.24) is 9.97 Å². The molecule has 4 heterocycles. The van der Waals surface area contributed by atoms with Crippen LogP contribution in [0.4, 0.5) is 22.1 Å². The van der Waals surface area contributed by atoms with Crippen molar-refractivity contribution in [3.05, 3.63) is 60.8 Å². The van der Waals surface area contributed by atoms with Gasteiger partial charge in [-0.3, -0.25) is 10.2 Å². The summed E-state index contributed by atoms with van der Waals surface area (Å²) in [4.78, 5) is 26.1. The van der Waals surface area contributed by atoms with Gasteiger partial charge in [0, 0.05) is 24.8 Å². The number of carbonyl (C=O) groups is 1. The Morgan fingerprint density at radius 1 is 1.14 bits per heavy atom. The van der Waals surface area contributed by atoms with Crippen LogP contribution in [0, 0.1) is 0 Å². The van der Waals surface area contributed by atoms with E-state index < -0.39 is 0 Å². The first-order valence-electron chi connectivity index (χ1n) is 9.26. The molecule has 0 saturated carbocycles. The van der Waals surface area contributed by atoms with Gasteiger partial charge in [-0.2, -0.15) is 0 Å². The lowest BCUT2D eigenvalue weighted by molar-refractivity contribution is 0.254. The monoisotopic (exact) mass is 373 g/mol. The van der Waals surface area contributed by atoms with Gasteiger partial charge in [-0.25, -0.2) is 14.8 Å². The largest absolute Gasteiger partial charge is 0.508 e. The minimum atomic E-state index is -0.230. The van der Waals surface area contributed by atoms with Crippen LogP contribution in [0.1, 0.15) is 6.42 Å². The molecule has 7 nitrogen and oxygen atoms in total. The zero-order valence-electron chi connectivity index (χ0n) is 15.1. The number of rotatable bonds is 2. The lowest BCUT2D eigenvalue weighted by Gasteiger charge is -2.35. The van der Waals surface area contributed by atoms with E-state index in [1.54, 1.807) is 35.4 Å². The van der Waals surface area contributed by atoms with Gasteiger partial charge >= 0.3 is 6.03 Å². The van der Waals surface area contributed by atoms with Crippen molar-refractivity contribution < 1.29 is 9.90 Å². The molecule has 1 atom stereocenters. The van der Waals surface area contributed by atoms with E-state index in [2.05, 4.69) is 15.2 Å². The molecule has 2 bridgehead atoms. The first-order valence-corrected chi connectivity index (χ1v) is 9.26. The number of phenolic OH excluding ortho intramolecular Hbond substituents is 1. The second kappa shape index (κ2) is 6.53. The van der Waals surface area contributed by atoms with Gasteiger partial charge in [0.1, 0.15) is 11.6 Å². The van der Waals surface area contributed by atoms with E-state index in [0.29, 0.717) is 17.3 Å². The Hall–Kier alpha value is -3.61. The molecule has 3 aromatic rings. The molecule has 5 rings (SSSR count). The third-order valence-electron chi connectivity index (χ3n) is 5.21. The summed E-state index contributed by atoms with van der Waals surface area (Å²) < 4.78 is 0. The van der Waals surface area contributed by atoms with Gasteiger partial charge in [0.2, 0.25) is 0 Å². The minimum Gasteiger partial charge on any atom is -0.508 e. The summed E-state index contributed by atoms with van der Waals surface area (Å²) in [5.74, 6) is 1.34. The van der Waals surface area contributed by atoms with Crippen molar-refractivity contribution in [3.8, 4) is 17.0 Å². The number of amides is 2. The molecule has 140 valence electrons. The summed E-state index contributed by atoms with van der Waals surface area (Å²) in [5.41, 5.74) is 2.47. The number of aromatic hydroxyl groups is 1. The van der Waals surface area contributed by atoms with Gasteiger partial charge in [0.25, 0.3) is 0 Å². The van der Waals surface area contributed by atoms with Crippen molar-refractivity contribution >= 4 is 23.4 Å². The average Bonchev–Trinajstić information content (AvgIpc) is 3.13. The molecule has 1 unspecified atom stereocenters. The van der Waals surface area contributed by atoms with Crippen LogP contribution in [-0.4, -0.2) is 40.2 Å². The molecule has 2 aromatic heterocycles. The number of phenols is 1. The van der Waals surface area contributed by atoms with Gasteiger partial charge in [0.15, 0.2) is 5.82 Å². The number of urea groups is 1. The second-order valence-corrected chi connectivity index (χ2v) is 6.99. The molecule has 2 aliphatic rings. The summed E-state index contributed by atoms with van der Waals surface area (Å²) in [6.07, 6.45) is 2.54. The van der Waals surface area contributed by atoms with Crippen LogP contribution in [0.2, 0.25) is 0 Å². The number of hydrogen-bond acceptors (Lipinski definition) is 5. The summed E-state index contributed by atoms with van der Waals surface area (Å²) in [6.45, 7) is 1.70. The van der Waals surface area contributed by atoms with Gasteiger partial charge in [0.05, 0.1) is 17.4 Å². The topological polar surface area (TPSA) is 81.6 Å². The van der Waals surface area contributed by atoms with E-state index >= 15 is 0 Å². The lowest BCUT2D eigenvalue weighted by atomic mass is 10.1. The molecule has 1 fully saturated rings. The fraction of sp³-hybridized carbons (Fsp3) is 0.190. The average molecular weight is 373 g/mol. The van der Waals surface area contributed by atoms with Crippen molar-refractivity contribution in [2.45, 2.75) is 12.5 Å². The van der Waals surface area contributed by atoms with Gasteiger partial charge in [-0.1, -0.05) is 18.2 Å². The van der Waals surface area contributed by atoms with Gasteiger partial charge in [-0.15, -0.1) is 0 Å². The van der Waals surface area contributed by atoms with Gasteiger partial charge < -0.3 is 10.0 Å². The second-order valence-electron chi connectivity index (χ2n) is 6.99. The third kappa shape index (κ3) is 2.81. The number of anilines is 3. The Morgan fingerprint density at radius 3 is 2.89 bits per heavy atom. The van der Waals surface area contributed by atoms with Crippen LogP contribution < -0.4 is 15.1 Å². The summed E-state index contributed by atoms with van der Waals surface area (Å²) in [7, 11) is 0. The SMILES string of the molecule is O=C(Nc1ccccn1)N1c2nc(-c3cccc(O)c3)ccc2N2CCC1C2. The highest BCUT2D eigenvalue weighted by atomic mass is 16.3. The van der Waals surface area contributed by atoms with E-state index in [1.807, 2.05) is 30.3 Å². The Morgan fingerprint density at radius 2 is 2.07 bits per heavy atom. The number of pyridine rings is 2.